The van der Waals surface area contributed by atoms with Gasteiger partial charge >= 0.3 is 0 Å². The maximum absolute atomic E-state index is 13.1. The van der Waals surface area contributed by atoms with Gasteiger partial charge in [-0.25, -0.2) is 12.8 Å². The third kappa shape index (κ3) is 5.95. The fraction of sp³-hybridized carbons (Fsp3) is 0.350. The monoisotopic (exact) mass is 408 g/mol. The number of para-hydroxylation sites is 1. The quantitative estimate of drug-likeness (QED) is 0.691. The van der Waals surface area contributed by atoms with Crippen molar-refractivity contribution in [3.63, 3.8) is 0 Å². The van der Waals surface area contributed by atoms with Crippen LogP contribution in [0.5, 0.6) is 5.75 Å². The Morgan fingerprint density at radius 1 is 1.18 bits per heavy atom. The van der Waals surface area contributed by atoms with Gasteiger partial charge in [0.1, 0.15) is 11.6 Å². The van der Waals surface area contributed by atoms with Crippen LogP contribution in [0.3, 0.4) is 0 Å². The Hall–Kier alpha value is -2.61. The van der Waals surface area contributed by atoms with Crippen molar-refractivity contribution in [2.75, 3.05) is 24.2 Å². The van der Waals surface area contributed by atoms with E-state index in [1.165, 1.54) is 28.6 Å². The number of carbonyl (C=O) groups excluding carboxylic acids is 1. The molecule has 6 nitrogen and oxygen atoms in total. The van der Waals surface area contributed by atoms with E-state index >= 15 is 0 Å². The molecular weight excluding hydrogens is 383 g/mol. The minimum atomic E-state index is -3.54. The summed E-state index contributed by atoms with van der Waals surface area (Å²) in [5, 5.41) is 2.89. The number of nitrogens with zero attached hydrogens (tertiary/aromatic N) is 1. The van der Waals surface area contributed by atoms with E-state index in [1.807, 2.05) is 31.2 Å². The molecule has 2 aromatic rings. The first kappa shape index (κ1) is 21.7. The number of ether oxygens (including phenoxy) is 1. The number of carbonyl (C=O) groups is 1. The van der Waals surface area contributed by atoms with Gasteiger partial charge in [-0.15, -0.1) is 0 Å². The first-order valence-electron chi connectivity index (χ1n) is 8.88. The molecule has 8 heteroatoms. The summed E-state index contributed by atoms with van der Waals surface area (Å²) in [7, 11) is -1.97. The molecule has 0 spiro atoms. The molecule has 1 atom stereocenters. The third-order valence-corrected chi connectivity index (χ3v) is 5.46. The van der Waals surface area contributed by atoms with Gasteiger partial charge in [0, 0.05) is 18.5 Å². The van der Waals surface area contributed by atoms with Crippen molar-refractivity contribution in [3.05, 3.63) is 59.9 Å². The molecule has 0 aliphatic heterocycles. The Balaban J connectivity index is 1.94. The number of rotatable bonds is 9. The Labute approximate surface area is 165 Å². The highest BCUT2D eigenvalue weighted by atomic mass is 32.2. The second kappa shape index (κ2) is 9.54. The Bertz CT molecular complexity index is 901. The number of hydrogen-bond donors (Lipinski definition) is 1. The van der Waals surface area contributed by atoms with Crippen molar-refractivity contribution in [1.82, 2.24) is 5.32 Å². The smallest absolute Gasteiger partial charge is 0.232 e. The highest BCUT2D eigenvalue weighted by Gasteiger charge is 2.18. The lowest BCUT2D eigenvalue weighted by Crippen LogP contribution is -2.32. The number of sulfonamides is 1. The average Bonchev–Trinajstić information content (AvgIpc) is 2.65. The van der Waals surface area contributed by atoms with Gasteiger partial charge in [0.25, 0.3) is 0 Å². The molecule has 28 heavy (non-hydrogen) atoms. The molecule has 2 aromatic carbocycles. The molecule has 0 fully saturated rings. The number of methoxy groups -OCH3 is 1. The Morgan fingerprint density at radius 2 is 1.82 bits per heavy atom. The molecule has 0 bridgehead atoms. The molecule has 0 heterocycles. The minimum absolute atomic E-state index is 0.126. The Kier molecular flexibility index (Phi) is 7.39. The van der Waals surface area contributed by atoms with E-state index in [1.54, 1.807) is 7.11 Å². The van der Waals surface area contributed by atoms with Gasteiger partial charge in [-0.05, 0) is 43.7 Å². The van der Waals surface area contributed by atoms with Crippen LogP contribution in [0.1, 0.15) is 31.4 Å². The standard InChI is InChI=1S/C20H25FN2O4S/c1-15(18-7-4-5-8-19(18)27-2)22-20(24)9-6-14-23(28(3,25)26)17-12-10-16(21)11-13-17/h4-5,7-8,10-13,15H,6,9,14H2,1-3H3,(H,22,24). The summed E-state index contributed by atoms with van der Waals surface area (Å²) < 4.78 is 43.7. The lowest BCUT2D eigenvalue weighted by Gasteiger charge is -2.22. The molecule has 0 aliphatic rings. The van der Waals surface area contributed by atoms with Crippen LogP contribution in [0.15, 0.2) is 48.5 Å². The maximum Gasteiger partial charge on any atom is 0.232 e. The molecule has 152 valence electrons. The first-order chi connectivity index (χ1) is 13.2. The maximum atomic E-state index is 13.1. The van der Waals surface area contributed by atoms with Gasteiger partial charge in [0.15, 0.2) is 0 Å². The summed E-state index contributed by atoms with van der Waals surface area (Å²) in [6, 6.07) is 12.4. The normalized spacial score (nSPS) is 12.3. The number of nitrogens with one attached hydrogen (secondary N) is 1. The van der Waals surface area contributed by atoms with Crippen LogP contribution >= 0.6 is 0 Å². The number of halogens is 1. The first-order valence-corrected chi connectivity index (χ1v) is 10.7. The van der Waals surface area contributed by atoms with E-state index in [9.17, 15) is 17.6 Å². The second-order valence-corrected chi connectivity index (χ2v) is 8.35. The summed E-state index contributed by atoms with van der Waals surface area (Å²) in [4.78, 5) is 12.3. The SMILES string of the molecule is COc1ccccc1C(C)NC(=O)CCCN(c1ccc(F)cc1)S(C)(=O)=O. The molecule has 0 aromatic heterocycles. The van der Waals surface area contributed by atoms with Crippen LogP contribution in [0, 0.1) is 5.82 Å². The van der Waals surface area contributed by atoms with Crippen LogP contribution in [0.2, 0.25) is 0 Å². The number of benzene rings is 2. The van der Waals surface area contributed by atoms with Gasteiger partial charge in [-0.1, -0.05) is 18.2 Å². The molecule has 0 aliphatic carbocycles. The molecular formula is C20H25FN2O4S. The molecule has 2 rings (SSSR count). The van der Waals surface area contributed by atoms with Crippen LogP contribution < -0.4 is 14.4 Å². The fourth-order valence-electron chi connectivity index (χ4n) is 2.89. The molecule has 1 amide bonds. The zero-order valence-electron chi connectivity index (χ0n) is 16.2. The van der Waals surface area contributed by atoms with E-state index in [-0.39, 0.29) is 24.9 Å². The van der Waals surface area contributed by atoms with E-state index in [0.717, 1.165) is 11.8 Å². The predicted octanol–water partition coefficient (Wildman–Crippen LogP) is 3.26. The highest BCUT2D eigenvalue weighted by Crippen LogP contribution is 2.24. The van der Waals surface area contributed by atoms with Crippen molar-refractivity contribution < 1.29 is 22.3 Å². The number of anilines is 1. The molecule has 0 radical (unpaired) electrons. The summed E-state index contributed by atoms with van der Waals surface area (Å²) in [6.45, 7) is 1.98. The molecule has 0 saturated carbocycles. The van der Waals surface area contributed by atoms with Crippen molar-refractivity contribution in [1.29, 1.82) is 0 Å². The van der Waals surface area contributed by atoms with E-state index in [4.69, 9.17) is 4.74 Å². The average molecular weight is 408 g/mol. The van der Waals surface area contributed by atoms with Crippen LogP contribution in [-0.2, 0) is 14.8 Å². The molecule has 1 N–H and O–H groups in total. The lowest BCUT2D eigenvalue weighted by molar-refractivity contribution is -0.121. The largest absolute Gasteiger partial charge is 0.496 e. The van der Waals surface area contributed by atoms with Crippen LogP contribution in [0.4, 0.5) is 10.1 Å². The van der Waals surface area contributed by atoms with Crippen LogP contribution in [-0.4, -0.2) is 34.2 Å². The third-order valence-electron chi connectivity index (χ3n) is 4.26. The summed E-state index contributed by atoms with van der Waals surface area (Å²) >= 11 is 0. The predicted molar refractivity (Wildman–Crippen MR) is 107 cm³/mol. The van der Waals surface area contributed by atoms with E-state index in [0.29, 0.717) is 17.9 Å². The fourth-order valence-corrected chi connectivity index (χ4v) is 3.86. The molecule has 0 saturated heterocycles. The van der Waals surface area contributed by atoms with Gasteiger partial charge < -0.3 is 10.1 Å². The van der Waals surface area contributed by atoms with Crippen molar-refractivity contribution in [2.24, 2.45) is 0 Å². The van der Waals surface area contributed by atoms with Crippen molar-refractivity contribution in [3.8, 4) is 5.75 Å². The van der Waals surface area contributed by atoms with Crippen molar-refractivity contribution >= 4 is 21.6 Å². The summed E-state index contributed by atoms with van der Waals surface area (Å²) in [5.41, 5.74) is 1.23. The van der Waals surface area contributed by atoms with E-state index < -0.39 is 15.8 Å². The van der Waals surface area contributed by atoms with Gasteiger partial charge in [0.2, 0.25) is 15.9 Å². The molecule has 1 unspecified atom stereocenters. The van der Waals surface area contributed by atoms with Gasteiger partial charge in [0.05, 0.1) is 25.1 Å². The number of amides is 1. The number of hydrogen-bond acceptors (Lipinski definition) is 4. The van der Waals surface area contributed by atoms with Crippen LogP contribution in [0.25, 0.3) is 0 Å². The van der Waals surface area contributed by atoms with Gasteiger partial charge in [-0.3, -0.25) is 9.10 Å². The van der Waals surface area contributed by atoms with Crippen molar-refractivity contribution in [2.45, 2.75) is 25.8 Å². The highest BCUT2D eigenvalue weighted by molar-refractivity contribution is 7.92. The zero-order valence-corrected chi connectivity index (χ0v) is 17.0. The summed E-state index contributed by atoms with van der Waals surface area (Å²) in [5.74, 6) is 0.0581. The van der Waals surface area contributed by atoms with Gasteiger partial charge in [-0.2, -0.15) is 0 Å². The minimum Gasteiger partial charge on any atom is -0.496 e. The van der Waals surface area contributed by atoms with E-state index in [2.05, 4.69) is 5.32 Å². The second-order valence-electron chi connectivity index (χ2n) is 6.45. The summed E-state index contributed by atoms with van der Waals surface area (Å²) in [6.07, 6.45) is 1.57. The zero-order chi connectivity index (χ0) is 20.7. The lowest BCUT2D eigenvalue weighted by atomic mass is 10.1. The Morgan fingerprint density at radius 3 is 2.43 bits per heavy atom. The topological polar surface area (TPSA) is 75.7 Å².